The van der Waals surface area contributed by atoms with E-state index in [2.05, 4.69) is 0 Å². The topological polar surface area (TPSA) is 243 Å². The highest BCUT2D eigenvalue weighted by Gasteiger charge is 2.49. The maximum Gasteiger partial charge on any atom is 0.331 e. The Morgan fingerprint density at radius 2 is 1.26 bits per heavy atom. The Hall–Kier alpha value is -6.81. The van der Waals surface area contributed by atoms with E-state index in [9.17, 15) is 50.1 Å². The van der Waals surface area contributed by atoms with Crippen molar-refractivity contribution >= 4 is 35.1 Å². The highest BCUT2D eigenvalue weighted by Crippen LogP contribution is 2.38. The molecule has 1 saturated heterocycles. The zero-order valence-corrected chi connectivity index (χ0v) is 27.9. The smallest absolute Gasteiger partial charge is 0.331 e. The molecule has 0 aliphatic carbocycles. The first kappa shape index (κ1) is 37.0. The van der Waals surface area contributed by atoms with E-state index in [1.165, 1.54) is 72.8 Å². The number of aliphatic hydroxyl groups is 2. The molecule has 0 radical (unpaired) electrons. The molecule has 54 heavy (non-hydrogen) atoms. The number of hydrogen-bond acceptors (Lipinski definition) is 15. The third-order valence-corrected chi connectivity index (χ3v) is 8.17. The predicted molar refractivity (Wildman–Crippen MR) is 189 cm³/mol. The van der Waals surface area contributed by atoms with Crippen molar-refractivity contribution in [2.75, 3.05) is 6.61 Å². The van der Waals surface area contributed by atoms with Gasteiger partial charge in [-0.2, -0.15) is 0 Å². The molecule has 5 aromatic rings. The summed E-state index contributed by atoms with van der Waals surface area (Å²) in [7, 11) is 0. The van der Waals surface area contributed by atoms with E-state index < -0.39 is 77.3 Å². The van der Waals surface area contributed by atoms with Crippen molar-refractivity contribution in [3.63, 3.8) is 0 Å². The van der Waals surface area contributed by atoms with Crippen LogP contribution in [0.2, 0.25) is 0 Å². The van der Waals surface area contributed by atoms with Crippen molar-refractivity contribution in [3.05, 3.63) is 118 Å². The van der Waals surface area contributed by atoms with Crippen LogP contribution in [0.5, 0.6) is 34.5 Å². The molecule has 15 nitrogen and oxygen atoms in total. The molecule has 6 rings (SSSR count). The number of benzene rings is 4. The molecule has 0 saturated carbocycles. The number of fused-ring (bicyclic) bond motifs is 1. The summed E-state index contributed by atoms with van der Waals surface area (Å²) >= 11 is 0. The second kappa shape index (κ2) is 15.8. The minimum atomic E-state index is -2.01. The summed E-state index contributed by atoms with van der Waals surface area (Å²) in [4.78, 5) is 39.5. The molecule has 1 aliphatic rings. The van der Waals surface area contributed by atoms with Crippen molar-refractivity contribution in [3.8, 4) is 45.8 Å². The van der Waals surface area contributed by atoms with Crippen molar-refractivity contribution in [1.82, 2.24) is 0 Å². The number of phenols is 5. The van der Waals surface area contributed by atoms with Gasteiger partial charge in [0, 0.05) is 29.8 Å². The largest absolute Gasteiger partial charge is 0.508 e. The van der Waals surface area contributed by atoms with Crippen LogP contribution in [-0.4, -0.2) is 85.0 Å². The van der Waals surface area contributed by atoms with Gasteiger partial charge in [-0.05, 0) is 71.8 Å². The van der Waals surface area contributed by atoms with Crippen LogP contribution in [0.3, 0.4) is 0 Å². The Morgan fingerprint density at radius 1 is 0.704 bits per heavy atom. The molecule has 1 fully saturated rings. The fourth-order valence-electron chi connectivity index (χ4n) is 5.46. The number of aliphatic hydroxyl groups excluding tert-OH is 2. The van der Waals surface area contributed by atoms with Crippen LogP contribution in [0, 0.1) is 0 Å². The molecule has 0 spiro atoms. The molecule has 15 heteroatoms. The second-order valence-corrected chi connectivity index (χ2v) is 12.0. The Morgan fingerprint density at radius 3 is 1.85 bits per heavy atom. The van der Waals surface area contributed by atoms with E-state index in [0.717, 1.165) is 24.3 Å². The molecular formula is C39H32O15. The number of rotatable bonds is 10. The molecule has 0 bridgehead atoms. The Bertz CT molecular complexity index is 2260. The average molecular weight is 741 g/mol. The lowest BCUT2D eigenvalue weighted by atomic mass is 9.98. The number of aromatic hydroxyl groups is 5. The first-order chi connectivity index (χ1) is 25.9. The van der Waals surface area contributed by atoms with Crippen LogP contribution < -0.4 is 10.2 Å². The summed E-state index contributed by atoms with van der Waals surface area (Å²) in [5.74, 6) is -3.95. The molecule has 2 heterocycles. The number of carbonyl (C=O) groups is 2. The number of carbonyl (C=O) groups excluding carboxylic acids is 2. The fraction of sp³-hybridized carbons (Fsp3) is 0.154. The second-order valence-electron chi connectivity index (χ2n) is 12.0. The fourth-order valence-corrected chi connectivity index (χ4v) is 5.46. The van der Waals surface area contributed by atoms with Crippen LogP contribution in [0.4, 0.5) is 0 Å². The van der Waals surface area contributed by atoms with Crippen LogP contribution in [0.15, 0.2) is 106 Å². The van der Waals surface area contributed by atoms with Gasteiger partial charge >= 0.3 is 11.9 Å². The first-order valence-corrected chi connectivity index (χ1v) is 16.2. The maximum atomic E-state index is 13.8. The molecule has 0 unspecified atom stereocenters. The molecule has 4 aromatic carbocycles. The van der Waals surface area contributed by atoms with E-state index >= 15 is 0 Å². The summed E-state index contributed by atoms with van der Waals surface area (Å²) in [5.41, 5.74) is 0.0313. The number of phenolic OH excluding ortho intramolecular Hbond substituents is 5. The summed E-state index contributed by atoms with van der Waals surface area (Å²) in [6.07, 6.45) is -4.20. The van der Waals surface area contributed by atoms with Gasteiger partial charge in [0.25, 0.3) is 0 Å². The molecule has 5 atom stereocenters. The van der Waals surface area contributed by atoms with Gasteiger partial charge in [-0.25, -0.2) is 9.59 Å². The average Bonchev–Trinajstić information content (AvgIpc) is 3.14. The highest BCUT2D eigenvalue weighted by atomic mass is 16.7. The van der Waals surface area contributed by atoms with Gasteiger partial charge in [0.15, 0.2) is 11.9 Å². The lowest BCUT2D eigenvalue weighted by Crippen LogP contribution is -2.61. The normalized spacial score (nSPS) is 19.9. The zero-order chi connectivity index (χ0) is 38.5. The Kier molecular flexibility index (Phi) is 10.8. The summed E-state index contributed by atoms with van der Waals surface area (Å²) < 4.78 is 28.4. The van der Waals surface area contributed by atoms with E-state index in [0.29, 0.717) is 11.1 Å². The van der Waals surface area contributed by atoms with Crippen LogP contribution in [-0.2, 0) is 23.8 Å². The molecular weight excluding hydrogens is 708 g/mol. The highest BCUT2D eigenvalue weighted by molar-refractivity contribution is 5.89. The quantitative estimate of drug-likeness (QED) is 0.0798. The summed E-state index contributed by atoms with van der Waals surface area (Å²) in [5, 5.41) is 71.5. The first-order valence-electron chi connectivity index (χ1n) is 16.2. The van der Waals surface area contributed by atoms with Gasteiger partial charge in [-0.15, -0.1) is 0 Å². The standard InChI is InChI=1S/C39H32O15/c40-23-9-1-20(2-10-23)5-15-30(45)50-19-29-37(53-31(46)16-6-21-3-11-24(41)12-4-21)34(48)35(49)39(52-29)54-38-33(47)32-27(44)17-26(43)18-28(32)51-36(38)22-7-13-25(42)14-8-22/h1-18,29,34-35,37,39-44,48-49H,19H2/t29-,34+,35+,37-,39+/m1/s1. The Labute approximate surface area is 305 Å². The van der Waals surface area contributed by atoms with Gasteiger partial charge < -0.3 is 59.1 Å². The minimum absolute atomic E-state index is 0.00556. The van der Waals surface area contributed by atoms with Gasteiger partial charge in [0.2, 0.25) is 17.5 Å². The lowest BCUT2D eigenvalue weighted by molar-refractivity contribution is -0.281. The molecule has 1 aromatic heterocycles. The van der Waals surface area contributed by atoms with Crippen LogP contribution in [0.1, 0.15) is 11.1 Å². The summed E-state index contributed by atoms with van der Waals surface area (Å²) in [6, 6.07) is 19.1. The third kappa shape index (κ3) is 8.45. The number of esters is 2. The maximum absolute atomic E-state index is 13.8. The molecule has 278 valence electrons. The predicted octanol–water partition coefficient (Wildman–Crippen LogP) is 3.70. The van der Waals surface area contributed by atoms with E-state index in [1.807, 2.05) is 0 Å². The Balaban J connectivity index is 1.30. The third-order valence-electron chi connectivity index (χ3n) is 8.17. The minimum Gasteiger partial charge on any atom is -0.508 e. The van der Waals surface area contributed by atoms with Gasteiger partial charge in [-0.3, -0.25) is 4.79 Å². The van der Waals surface area contributed by atoms with Crippen molar-refractivity contribution in [2.45, 2.75) is 30.7 Å². The van der Waals surface area contributed by atoms with E-state index in [4.69, 9.17) is 23.4 Å². The monoisotopic (exact) mass is 740 g/mol. The zero-order valence-electron chi connectivity index (χ0n) is 27.9. The number of hydrogen-bond donors (Lipinski definition) is 7. The van der Waals surface area contributed by atoms with E-state index in [1.54, 1.807) is 12.1 Å². The molecule has 0 amide bonds. The summed E-state index contributed by atoms with van der Waals surface area (Å²) in [6.45, 7) is -0.667. The molecule has 1 aliphatic heterocycles. The van der Waals surface area contributed by atoms with Crippen molar-refractivity contribution < 1.29 is 68.7 Å². The van der Waals surface area contributed by atoms with Crippen molar-refractivity contribution in [1.29, 1.82) is 0 Å². The molecule has 7 N–H and O–H groups in total. The van der Waals surface area contributed by atoms with Gasteiger partial charge in [0.1, 0.15) is 64.6 Å². The lowest BCUT2D eigenvalue weighted by Gasteiger charge is -2.41. The van der Waals surface area contributed by atoms with Crippen LogP contribution >= 0.6 is 0 Å². The SMILES string of the molecule is O=C(C=Cc1ccc(O)cc1)OC[C@H]1O[C@@H](Oc2c(-c3ccc(O)cc3)oc3cc(O)cc(O)c3c2=O)[C@@H](O)[C@H](O)[C@@H]1OC(=O)C=Cc1ccc(O)cc1. The number of ether oxygens (including phenoxy) is 4. The van der Waals surface area contributed by atoms with Gasteiger partial charge in [-0.1, -0.05) is 24.3 Å². The van der Waals surface area contributed by atoms with Crippen LogP contribution in [0.25, 0.3) is 34.4 Å². The van der Waals surface area contributed by atoms with E-state index in [-0.39, 0.29) is 34.2 Å². The van der Waals surface area contributed by atoms with Gasteiger partial charge in [0.05, 0.1) is 0 Å². The van der Waals surface area contributed by atoms with Crippen molar-refractivity contribution in [2.24, 2.45) is 0 Å².